The zero-order valence-electron chi connectivity index (χ0n) is 3.85. The van der Waals surface area contributed by atoms with Crippen LogP contribution in [0.5, 0.6) is 0 Å². The van der Waals surface area contributed by atoms with Crippen molar-refractivity contribution in [2.45, 2.75) is 0 Å². The van der Waals surface area contributed by atoms with Crippen LogP contribution in [0.1, 0.15) is 0 Å². The zero-order chi connectivity index (χ0) is 5.54. The van der Waals surface area contributed by atoms with Crippen molar-refractivity contribution < 1.29 is 0 Å². The minimum absolute atomic E-state index is 0.694. The molecular formula is C5H5NS. The van der Waals surface area contributed by atoms with Crippen LogP contribution >= 0.6 is 11.8 Å². The van der Waals surface area contributed by atoms with Crippen molar-refractivity contribution in [3.05, 3.63) is 18.4 Å². The lowest BCUT2D eigenvalue weighted by molar-refractivity contribution is 1.57. The highest BCUT2D eigenvalue weighted by molar-refractivity contribution is 8.03. The summed E-state index contributed by atoms with van der Waals surface area (Å²) >= 11 is 1.18. The molecule has 0 spiro atoms. The van der Waals surface area contributed by atoms with Crippen LogP contribution in [0.15, 0.2) is 18.4 Å². The molecule has 0 radical (unpaired) electrons. The van der Waals surface area contributed by atoms with E-state index in [2.05, 4.69) is 12.3 Å². The Morgan fingerprint density at radius 2 is 2.57 bits per heavy atom. The molecule has 0 rings (SSSR count). The van der Waals surface area contributed by atoms with E-state index in [1.165, 1.54) is 11.8 Å². The fourth-order valence-electron chi connectivity index (χ4n) is 0.138. The van der Waals surface area contributed by atoms with Crippen LogP contribution < -0.4 is 0 Å². The van der Waals surface area contributed by atoms with Gasteiger partial charge in [-0.2, -0.15) is 5.26 Å². The average molecular weight is 111 g/mol. The molecule has 2 heteroatoms. The normalized spacial score (nSPS) is 6.14. The van der Waals surface area contributed by atoms with Crippen LogP contribution in [0.4, 0.5) is 0 Å². The SMILES string of the molecule is C=C=CCSC#N. The zero-order valence-corrected chi connectivity index (χ0v) is 4.66. The van der Waals surface area contributed by atoms with E-state index in [1.54, 1.807) is 6.08 Å². The molecule has 36 valence electrons. The predicted octanol–water partition coefficient (Wildman–Crippen LogP) is 1.54. The molecule has 0 aromatic carbocycles. The fraction of sp³-hybridized carbons (Fsp3) is 0.200. The maximum atomic E-state index is 7.94. The molecule has 0 unspecified atom stereocenters. The standard InChI is InChI=1S/C5H5NS/c1-2-3-4-7-5-6/h3H,1,4H2. The summed E-state index contributed by atoms with van der Waals surface area (Å²) < 4.78 is 0. The quantitative estimate of drug-likeness (QED) is 0.306. The van der Waals surface area contributed by atoms with Crippen molar-refractivity contribution in [2.24, 2.45) is 0 Å². The van der Waals surface area contributed by atoms with Crippen LogP contribution in [0.2, 0.25) is 0 Å². The summed E-state index contributed by atoms with van der Waals surface area (Å²) in [5.74, 6) is 0.694. The Bertz CT molecular complexity index is 117. The van der Waals surface area contributed by atoms with Gasteiger partial charge in [0.2, 0.25) is 0 Å². The number of thiocyanates is 1. The molecule has 0 amide bonds. The van der Waals surface area contributed by atoms with E-state index in [9.17, 15) is 0 Å². The van der Waals surface area contributed by atoms with E-state index in [-0.39, 0.29) is 0 Å². The lowest BCUT2D eigenvalue weighted by Crippen LogP contribution is -1.58. The second-order valence-corrected chi connectivity index (χ2v) is 1.62. The molecule has 0 aromatic rings. The van der Waals surface area contributed by atoms with Crippen LogP contribution in [0.3, 0.4) is 0 Å². The minimum Gasteiger partial charge on any atom is -0.185 e. The first kappa shape index (κ1) is 6.36. The van der Waals surface area contributed by atoms with Gasteiger partial charge in [0.15, 0.2) is 0 Å². The van der Waals surface area contributed by atoms with Gasteiger partial charge in [0.25, 0.3) is 0 Å². The molecule has 0 bridgehead atoms. The van der Waals surface area contributed by atoms with Crippen molar-refractivity contribution in [3.63, 3.8) is 0 Å². The van der Waals surface area contributed by atoms with Crippen LogP contribution in [-0.4, -0.2) is 5.75 Å². The topological polar surface area (TPSA) is 23.8 Å². The summed E-state index contributed by atoms with van der Waals surface area (Å²) in [7, 11) is 0. The summed E-state index contributed by atoms with van der Waals surface area (Å²) in [5.41, 5.74) is 2.56. The predicted molar refractivity (Wildman–Crippen MR) is 31.8 cm³/mol. The van der Waals surface area contributed by atoms with Gasteiger partial charge < -0.3 is 0 Å². The van der Waals surface area contributed by atoms with Gasteiger partial charge in [0.05, 0.1) is 0 Å². The number of rotatable bonds is 2. The second-order valence-electron chi connectivity index (χ2n) is 0.811. The van der Waals surface area contributed by atoms with Gasteiger partial charge in [-0.05, 0) is 17.8 Å². The average Bonchev–Trinajstić information content (AvgIpc) is 1.69. The Morgan fingerprint density at radius 3 is 3.00 bits per heavy atom. The third kappa shape index (κ3) is 5.36. The lowest BCUT2D eigenvalue weighted by atomic mass is 10.7. The Morgan fingerprint density at radius 1 is 1.86 bits per heavy atom. The highest BCUT2D eigenvalue weighted by Gasteiger charge is 1.71. The van der Waals surface area contributed by atoms with Crippen molar-refractivity contribution in [1.29, 1.82) is 5.26 Å². The molecule has 0 aliphatic carbocycles. The Labute approximate surface area is 47.3 Å². The van der Waals surface area contributed by atoms with Crippen LogP contribution in [0.25, 0.3) is 0 Å². The molecule has 0 N–H and O–H groups in total. The number of thioether (sulfide) groups is 1. The van der Waals surface area contributed by atoms with Crippen LogP contribution in [0, 0.1) is 10.7 Å². The largest absolute Gasteiger partial charge is 0.185 e. The first-order chi connectivity index (χ1) is 3.41. The molecule has 7 heavy (non-hydrogen) atoms. The third-order valence-electron chi connectivity index (χ3n) is 0.376. The molecule has 0 saturated carbocycles. The van der Waals surface area contributed by atoms with E-state index in [0.29, 0.717) is 5.75 Å². The maximum absolute atomic E-state index is 7.94. The molecule has 0 aliphatic rings. The van der Waals surface area contributed by atoms with Crippen molar-refractivity contribution in [2.75, 3.05) is 5.75 Å². The first-order valence-corrected chi connectivity index (χ1v) is 2.75. The van der Waals surface area contributed by atoms with E-state index in [4.69, 9.17) is 5.26 Å². The van der Waals surface area contributed by atoms with Crippen molar-refractivity contribution in [1.82, 2.24) is 0 Å². The molecule has 0 heterocycles. The van der Waals surface area contributed by atoms with Gasteiger partial charge in [0.1, 0.15) is 5.40 Å². The summed E-state index contributed by atoms with van der Waals surface area (Å²) in [6, 6.07) is 0. The number of nitriles is 1. The summed E-state index contributed by atoms with van der Waals surface area (Å²) in [4.78, 5) is 0. The molecule has 1 nitrogen and oxygen atoms in total. The second kappa shape index (κ2) is 5.36. The maximum Gasteiger partial charge on any atom is 0.133 e. The van der Waals surface area contributed by atoms with Gasteiger partial charge in [-0.25, -0.2) is 0 Å². The van der Waals surface area contributed by atoms with Gasteiger partial charge in [-0.1, -0.05) is 6.58 Å². The molecule has 0 atom stereocenters. The molecule has 0 fully saturated rings. The summed E-state index contributed by atoms with van der Waals surface area (Å²) in [6.45, 7) is 3.33. The Kier molecular flexibility index (Phi) is 4.87. The smallest absolute Gasteiger partial charge is 0.133 e. The lowest BCUT2D eigenvalue weighted by Gasteiger charge is -1.70. The fourth-order valence-corrected chi connectivity index (χ4v) is 0.414. The van der Waals surface area contributed by atoms with E-state index >= 15 is 0 Å². The molecule has 0 saturated heterocycles. The first-order valence-electron chi connectivity index (χ1n) is 1.77. The Hall–Kier alpha value is -0.640. The van der Waals surface area contributed by atoms with Gasteiger partial charge >= 0.3 is 0 Å². The van der Waals surface area contributed by atoms with Gasteiger partial charge in [-0.3, -0.25) is 0 Å². The van der Waals surface area contributed by atoms with Gasteiger partial charge in [-0.15, -0.1) is 5.73 Å². The highest BCUT2D eigenvalue weighted by Crippen LogP contribution is 1.92. The molecule has 0 aliphatic heterocycles. The minimum atomic E-state index is 0.694. The Balaban J connectivity index is 3.03. The van der Waals surface area contributed by atoms with E-state index in [0.717, 1.165) is 0 Å². The summed E-state index contributed by atoms with van der Waals surface area (Å²) in [5, 5.41) is 9.86. The molecular weight excluding hydrogens is 106 g/mol. The van der Waals surface area contributed by atoms with E-state index in [1.807, 2.05) is 5.40 Å². The molecule has 0 aromatic heterocycles. The van der Waals surface area contributed by atoms with Crippen molar-refractivity contribution >= 4 is 11.8 Å². The third-order valence-corrected chi connectivity index (χ3v) is 0.838. The van der Waals surface area contributed by atoms with Crippen LogP contribution in [-0.2, 0) is 0 Å². The highest BCUT2D eigenvalue weighted by atomic mass is 32.2. The number of hydrogen-bond acceptors (Lipinski definition) is 2. The monoisotopic (exact) mass is 111 g/mol. The number of nitrogens with zero attached hydrogens (tertiary/aromatic N) is 1. The number of hydrogen-bond donors (Lipinski definition) is 0. The van der Waals surface area contributed by atoms with E-state index < -0.39 is 0 Å². The van der Waals surface area contributed by atoms with Crippen molar-refractivity contribution in [3.8, 4) is 5.40 Å². The van der Waals surface area contributed by atoms with Gasteiger partial charge in [0, 0.05) is 5.75 Å². The summed E-state index contributed by atoms with van der Waals surface area (Å²) in [6.07, 6.45) is 1.72.